The number of aromatic nitrogens is 1. The topological polar surface area (TPSA) is 33.2 Å². The van der Waals surface area contributed by atoms with Gasteiger partial charge in [-0.1, -0.05) is 6.92 Å². The molecule has 4 heteroatoms. The minimum Gasteiger partial charge on any atom is -0.345 e. The van der Waals surface area contributed by atoms with Gasteiger partial charge in [0.25, 0.3) is 0 Å². The average Bonchev–Trinajstić information content (AvgIpc) is 2.66. The van der Waals surface area contributed by atoms with E-state index in [1.54, 1.807) is 18.3 Å². The van der Waals surface area contributed by atoms with E-state index in [2.05, 4.69) is 23.7 Å². The Labute approximate surface area is 100 Å². The first-order valence-corrected chi connectivity index (χ1v) is 6.69. The van der Waals surface area contributed by atoms with E-state index in [0.29, 0.717) is 11.7 Å². The van der Waals surface area contributed by atoms with Crippen LogP contribution in [0.5, 0.6) is 0 Å². The van der Waals surface area contributed by atoms with Crippen LogP contribution in [-0.4, -0.2) is 23.4 Å². The number of ketones is 1. The second-order valence-corrected chi connectivity index (χ2v) is 5.58. The van der Waals surface area contributed by atoms with Crippen molar-refractivity contribution < 1.29 is 4.79 Å². The molecule has 3 nitrogen and oxygen atoms in total. The molecule has 0 radical (unpaired) electrons. The van der Waals surface area contributed by atoms with Gasteiger partial charge in [0, 0.05) is 24.9 Å². The van der Waals surface area contributed by atoms with Crippen LogP contribution in [0, 0.1) is 5.92 Å². The van der Waals surface area contributed by atoms with E-state index in [1.165, 1.54) is 12.8 Å². The third-order valence-electron chi connectivity index (χ3n) is 3.24. The molecular formula is C12H18N2OS. The normalized spacial score (nSPS) is 25.8. The van der Waals surface area contributed by atoms with Crippen LogP contribution in [0.25, 0.3) is 0 Å². The minimum atomic E-state index is 0.0560. The molecule has 16 heavy (non-hydrogen) atoms. The Bertz CT molecular complexity index is 388. The molecule has 0 aromatic carbocycles. The van der Waals surface area contributed by atoms with Crippen LogP contribution in [0.2, 0.25) is 0 Å². The summed E-state index contributed by atoms with van der Waals surface area (Å²) in [6, 6.07) is 0.537. The molecule has 0 spiro atoms. The molecule has 0 amide bonds. The predicted molar refractivity (Wildman–Crippen MR) is 67.3 cm³/mol. The zero-order valence-corrected chi connectivity index (χ0v) is 10.9. The Balaban J connectivity index is 2.14. The van der Waals surface area contributed by atoms with Crippen molar-refractivity contribution in [3.63, 3.8) is 0 Å². The lowest BCUT2D eigenvalue weighted by molar-refractivity contribution is 0.101. The average molecular weight is 238 g/mol. The molecule has 1 aromatic heterocycles. The fourth-order valence-electron chi connectivity index (χ4n) is 2.25. The third kappa shape index (κ3) is 2.26. The van der Waals surface area contributed by atoms with Gasteiger partial charge in [-0.3, -0.25) is 4.79 Å². The van der Waals surface area contributed by atoms with Crippen molar-refractivity contribution >= 4 is 22.3 Å². The predicted octanol–water partition coefficient (Wildman–Crippen LogP) is 2.97. The van der Waals surface area contributed by atoms with Gasteiger partial charge in [0.1, 0.15) is 5.69 Å². The number of thiazole rings is 1. The lowest BCUT2D eigenvalue weighted by atomic mass is 9.94. The molecule has 0 N–H and O–H groups in total. The molecule has 1 aliphatic heterocycles. The molecule has 0 saturated carbocycles. The number of carbonyl (C=O) groups is 1. The highest BCUT2D eigenvalue weighted by atomic mass is 32.1. The molecule has 2 heterocycles. The van der Waals surface area contributed by atoms with Crippen molar-refractivity contribution in [1.82, 2.24) is 4.98 Å². The van der Waals surface area contributed by atoms with Crippen LogP contribution < -0.4 is 4.90 Å². The monoisotopic (exact) mass is 238 g/mol. The van der Waals surface area contributed by atoms with Crippen molar-refractivity contribution in [2.24, 2.45) is 5.92 Å². The van der Waals surface area contributed by atoms with Crippen molar-refractivity contribution in [1.29, 1.82) is 0 Å². The molecule has 88 valence electrons. The van der Waals surface area contributed by atoms with Crippen LogP contribution in [0.15, 0.2) is 5.38 Å². The Kier molecular flexibility index (Phi) is 3.28. The Morgan fingerprint density at radius 3 is 2.88 bits per heavy atom. The van der Waals surface area contributed by atoms with Gasteiger partial charge < -0.3 is 4.90 Å². The molecule has 2 atom stereocenters. The lowest BCUT2D eigenvalue weighted by Crippen LogP contribution is -2.40. The first-order valence-electron chi connectivity index (χ1n) is 5.81. The van der Waals surface area contributed by atoms with Crippen LogP contribution in [0.1, 0.15) is 44.1 Å². The first-order chi connectivity index (χ1) is 7.58. The smallest absolute Gasteiger partial charge is 0.186 e. The van der Waals surface area contributed by atoms with Gasteiger partial charge in [0.05, 0.1) is 0 Å². The highest BCUT2D eigenvalue weighted by molar-refractivity contribution is 7.13. The molecule has 1 saturated heterocycles. The summed E-state index contributed by atoms with van der Waals surface area (Å²) >= 11 is 1.58. The number of nitrogens with zero attached hydrogens (tertiary/aromatic N) is 2. The highest BCUT2D eigenvalue weighted by Crippen LogP contribution is 2.29. The van der Waals surface area contributed by atoms with E-state index in [0.717, 1.165) is 17.6 Å². The summed E-state index contributed by atoms with van der Waals surface area (Å²) in [6.07, 6.45) is 2.44. The van der Waals surface area contributed by atoms with Gasteiger partial charge in [-0.25, -0.2) is 4.98 Å². The fourth-order valence-corrected chi connectivity index (χ4v) is 3.24. The van der Waals surface area contributed by atoms with E-state index < -0.39 is 0 Å². The third-order valence-corrected chi connectivity index (χ3v) is 4.11. The Morgan fingerprint density at radius 1 is 1.56 bits per heavy atom. The van der Waals surface area contributed by atoms with Gasteiger partial charge >= 0.3 is 0 Å². The maximum absolute atomic E-state index is 11.2. The van der Waals surface area contributed by atoms with Gasteiger partial charge in [0.2, 0.25) is 0 Å². The van der Waals surface area contributed by atoms with Gasteiger partial charge in [-0.05, 0) is 25.7 Å². The molecule has 1 aromatic rings. The van der Waals surface area contributed by atoms with E-state index in [-0.39, 0.29) is 5.78 Å². The summed E-state index contributed by atoms with van der Waals surface area (Å²) in [5, 5.41) is 2.87. The van der Waals surface area contributed by atoms with Crippen molar-refractivity contribution in [2.45, 2.75) is 39.7 Å². The summed E-state index contributed by atoms with van der Waals surface area (Å²) < 4.78 is 0. The molecule has 2 rings (SSSR count). The molecule has 2 unspecified atom stereocenters. The molecule has 0 bridgehead atoms. The SMILES string of the molecule is CC(=O)c1csc(N2CCC(C)CC2C)n1. The quantitative estimate of drug-likeness (QED) is 0.743. The van der Waals surface area contributed by atoms with Crippen LogP contribution >= 0.6 is 11.3 Å². The van der Waals surface area contributed by atoms with E-state index in [4.69, 9.17) is 0 Å². The second kappa shape index (κ2) is 4.53. The van der Waals surface area contributed by atoms with Crippen molar-refractivity contribution in [2.75, 3.05) is 11.4 Å². The number of anilines is 1. The largest absolute Gasteiger partial charge is 0.345 e. The number of Topliss-reactive ketones (excluding diaryl/α,β-unsaturated/α-hetero) is 1. The van der Waals surface area contributed by atoms with Crippen molar-refractivity contribution in [3.05, 3.63) is 11.1 Å². The standard InChI is InChI=1S/C12H18N2OS/c1-8-4-5-14(9(2)6-8)12-13-11(7-16-12)10(3)15/h7-9H,4-6H2,1-3H3. The van der Waals surface area contributed by atoms with Gasteiger partial charge in [0.15, 0.2) is 10.9 Å². The summed E-state index contributed by atoms with van der Waals surface area (Å²) in [4.78, 5) is 17.9. The number of carbonyl (C=O) groups excluding carboxylic acids is 1. The zero-order valence-electron chi connectivity index (χ0n) is 10.1. The van der Waals surface area contributed by atoms with Crippen LogP contribution in [0.4, 0.5) is 5.13 Å². The lowest BCUT2D eigenvalue weighted by Gasteiger charge is -2.36. The second-order valence-electron chi connectivity index (χ2n) is 4.74. The maximum atomic E-state index is 11.2. The Morgan fingerprint density at radius 2 is 2.31 bits per heavy atom. The zero-order chi connectivity index (χ0) is 11.7. The molecule has 1 fully saturated rings. The summed E-state index contributed by atoms with van der Waals surface area (Å²) in [5.41, 5.74) is 0.603. The fraction of sp³-hybridized carbons (Fsp3) is 0.667. The Hall–Kier alpha value is -0.900. The number of rotatable bonds is 2. The van der Waals surface area contributed by atoms with Crippen molar-refractivity contribution in [3.8, 4) is 0 Å². The van der Waals surface area contributed by atoms with E-state index in [1.807, 2.05) is 5.38 Å². The summed E-state index contributed by atoms with van der Waals surface area (Å²) in [5.74, 6) is 0.860. The highest BCUT2D eigenvalue weighted by Gasteiger charge is 2.25. The van der Waals surface area contributed by atoms with E-state index >= 15 is 0 Å². The number of hydrogen-bond acceptors (Lipinski definition) is 4. The summed E-state index contributed by atoms with van der Waals surface area (Å²) in [6.45, 7) is 7.18. The maximum Gasteiger partial charge on any atom is 0.186 e. The molecule has 0 aliphatic carbocycles. The van der Waals surface area contributed by atoms with E-state index in [9.17, 15) is 4.79 Å². The van der Waals surface area contributed by atoms with Crippen LogP contribution in [-0.2, 0) is 0 Å². The van der Waals surface area contributed by atoms with Gasteiger partial charge in [-0.2, -0.15) is 0 Å². The summed E-state index contributed by atoms with van der Waals surface area (Å²) in [7, 11) is 0. The number of hydrogen-bond donors (Lipinski definition) is 0. The van der Waals surface area contributed by atoms with Gasteiger partial charge in [-0.15, -0.1) is 11.3 Å². The molecular weight excluding hydrogens is 220 g/mol. The number of piperidine rings is 1. The van der Waals surface area contributed by atoms with Crippen LogP contribution in [0.3, 0.4) is 0 Å². The molecule has 1 aliphatic rings. The minimum absolute atomic E-state index is 0.0560. The first kappa shape index (κ1) is 11.6.